The Labute approximate surface area is 120 Å². The Bertz CT molecular complexity index is 671. The van der Waals surface area contributed by atoms with Crippen LogP contribution in [0.1, 0.15) is 15.9 Å². The van der Waals surface area contributed by atoms with E-state index in [1.807, 2.05) is 0 Å². The molecule has 0 saturated heterocycles. The Morgan fingerprint density at radius 2 is 1.90 bits per heavy atom. The number of aromatic hydroxyl groups is 2. The van der Waals surface area contributed by atoms with Crippen LogP contribution in [-0.4, -0.2) is 22.3 Å². The summed E-state index contributed by atoms with van der Waals surface area (Å²) in [7, 11) is 0. The summed E-state index contributed by atoms with van der Waals surface area (Å²) in [6, 6.07) is 11.0. The fraction of sp³-hybridized carbons (Fsp3) is 0. The highest BCUT2D eigenvalue weighted by Gasteiger charge is 2.08. The number of nitrogens with one attached hydrogen (secondary N) is 1. The van der Waals surface area contributed by atoms with Crippen molar-refractivity contribution in [1.29, 1.82) is 0 Å². The number of phenolic OH excluding ortho intramolecular Hbond substituents is 2. The van der Waals surface area contributed by atoms with Crippen molar-refractivity contribution in [2.45, 2.75) is 0 Å². The Morgan fingerprint density at radius 1 is 1.15 bits per heavy atom. The number of carbonyl (C=O) groups is 1. The molecule has 0 aliphatic carbocycles. The van der Waals surface area contributed by atoms with Crippen molar-refractivity contribution in [2.24, 2.45) is 5.10 Å². The topological polar surface area (TPSA) is 81.9 Å². The quantitative estimate of drug-likeness (QED) is 0.461. The summed E-state index contributed by atoms with van der Waals surface area (Å²) in [6.45, 7) is 0. The van der Waals surface area contributed by atoms with Gasteiger partial charge in [-0.25, -0.2) is 5.43 Å². The minimum Gasteiger partial charge on any atom is -0.504 e. The van der Waals surface area contributed by atoms with E-state index >= 15 is 0 Å². The summed E-state index contributed by atoms with van der Waals surface area (Å²) in [5.74, 6) is -1.03. The monoisotopic (exact) mass is 290 g/mol. The van der Waals surface area contributed by atoms with E-state index in [2.05, 4.69) is 10.5 Å². The molecule has 0 heterocycles. The second-order valence-corrected chi connectivity index (χ2v) is 4.30. The molecule has 20 heavy (non-hydrogen) atoms. The van der Waals surface area contributed by atoms with Crippen LogP contribution in [0.2, 0.25) is 5.02 Å². The van der Waals surface area contributed by atoms with Crippen LogP contribution >= 0.6 is 11.6 Å². The molecule has 0 aliphatic heterocycles. The summed E-state index contributed by atoms with van der Waals surface area (Å²) in [5, 5.41) is 22.9. The van der Waals surface area contributed by atoms with E-state index in [-0.39, 0.29) is 17.1 Å². The predicted molar refractivity (Wildman–Crippen MR) is 76.3 cm³/mol. The zero-order valence-electron chi connectivity index (χ0n) is 10.2. The van der Waals surface area contributed by atoms with Gasteiger partial charge in [0.1, 0.15) is 0 Å². The maximum Gasteiger partial charge on any atom is 0.272 e. The lowest BCUT2D eigenvalue weighted by atomic mass is 10.2. The molecule has 0 bridgehead atoms. The molecule has 5 nitrogen and oxygen atoms in total. The second-order valence-electron chi connectivity index (χ2n) is 3.89. The Balaban J connectivity index is 2.09. The van der Waals surface area contributed by atoms with Crippen molar-refractivity contribution in [3.63, 3.8) is 0 Å². The van der Waals surface area contributed by atoms with Crippen molar-refractivity contribution in [1.82, 2.24) is 5.43 Å². The van der Waals surface area contributed by atoms with E-state index in [1.165, 1.54) is 12.3 Å². The fourth-order valence-electron chi connectivity index (χ4n) is 1.52. The van der Waals surface area contributed by atoms with Gasteiger partial charge in [0, 0.05) is 5.56 Å². The molecular weight excluding hydrogens is 280 g/mol. The van der Waals surface area contributed by atoms with Crippen LogP contribution in [0, 0.1) is 0 Å². The first-order valence-electron chi connectivity index (χ1n) is 5.68. The van der Waals surface area contributed by atoms with Crippen LogP contribution < -0.4 is 5.43 Å². The number of nitrogens with zero attached hydrogens (tertiary/aromatic N) is 1. The third-order valence-corrected chi connectivity index (χ3v) is 2.86. The largest absolute Gasteiger partial charge is 0.504 e. The molecule has 0 spiro atoms. The SMILES string of the molecule is O=C(N/N=C/c1cccc(O)c1O)c1ccccc1Cl. The van der Waals surface area contributed by atoms with Gasteiger partial charge >= 0.3 is 0 Å². The number of hydrazone groups is 1. The number of para-hydroxylation sites is 1. The highest BCUT2D eigenvalue weighted by molar-refractivity contribution is 6.33. The summed E-state index contributed by atoms with van der Waals surface area (Å²) in [6.07, 6.45) is 1.23. The highest BCUT2D eigenvalue weighted by Crippen LogP contribution is 2.26. The van der Waals surface area contributed by atoms with Crippen molar-refractivity contribution in [3.8, 4) is 11.5 Å². The van der Waals surface area contributed by atoms with Gasteiger partial charge in [0.15, 0.2) is 11.5 Å². The van der Waals surface area contributed by atoms with Crippen LogP contribution in [0.15, 0.2) is 47.6 Å². The molecule has 2 rings (SSSR count). The molecule has 0 fully saturated rings. The third kappa shape index (κ3) is 3.07. The number of halogens is 1. The highest BCUT2D eigenvalue weighted by atomic mass is 35.5. The molecule has 0 atom stereocenters. The number of hydrogen-bond donors (Lipinski definition) is 3. The third-order valence-electron chi connectivity index (χ3n) is 2.53. The molecular formula is C14H11ClN2O3. The molecule has 102 valence electrons. The number of benzene rings is 2. The summed E-state index contributed by atoms with van der Waals surface area (Å²) in [4.78, 5) is 11.8. The first-order chi connectivity index (χ1) is 9.59. The molecule has 0 saturated carbocycles. The van der Waals surface area contributed by atoms with Gasteiger partial charge in [0.25, 0.3) is 5.91 Å². The van der Waals surface area contributed by atoms with E-state index in [1.54, 1.807) is 36.4 Å². The molecule has 3 N–H and O–H groups in total. The minimum atomic E-state index is -0.466. The van der Waals surface area contributed by atoms with Crippen molar-refractivity contribution in [3.05, 3.63) is 58.6 Å². The number of hydrogen-bond acceptors (Lipinski definition) is 4. The fourth-order valence-corrected chi connectivity index (χ4v) is 1.74. The van der Waals surface area contributed by atoms with Crippen molar-refractivity contribution in [2.75, 3.05) is 0 Å². The maximum atomic E-state index is 11.8. The van der Waals surface area contributed by atoms with Crippen LogP contribution in [0.5, 0.6) is 11.5 Å². The zero-order chi connectivity index (χ0) is 14.5. The van der Waals surface area contributed by atoms with Crippen LogP contribution in [0.25, 0.3) is 0 Å². The lowest BCUT2D eigenvalue weighted by Crippen LogP contribution is -2.17. The van der Waals surface area contributed by atoms with E-state index in [4.69, 9.17) is 11.6 Å². The van der Waals surface area contributed by atoms with Gasteiger partial charge < -0.3 is 10.2 Å². The maximum absolute atomic E-state index is 11.8. The lowest BCUT2D eigenvalue weighted by molar-refractivity contribution is 0.0955. The number of rotatable bonds is 3. The van der Waals surface area contributed by atoms with Crippen LogP contribution in [0.4, 0.5) is 0 Å². The molecule has 0 aliphatic rings. The normalized spacial score (nSPS) is 10.7. The van der Waals surface area contributed by atoms with Gasteiger partial charge in [-0.3, -0.25) is 4.79 Å². The van der Waals surface area contributed by atoms with Crippen molar-refractivity contribution < 1.29 is 15.0 Å². The molecule has 0 unspecified atom stereocenters. The molecule has 0 radical (unpaired) electrons. The minimum absolute atomic E-state index is 0.258. The Morgan fingerprint density at radius 3 is 2.65 bits per heavy atom. The lowest BCUT2D eigenvalue weighted by Gasteiger charge is -2.02. The van der Waals surface area contributed by atoms with Gasteiger partial charge in [0.2, 0.25) is 0 Å². The predicted octanol–water partition coefficient (Wildman–Crippen LogP) is 2.52. The average Bonchev–Trinajstić information content (AvgIpc) is 2.44. The van der Waals surface area contributed by atoms with E-state index < -0.39 is 5.91 Å². The van der Waals surface area contributed by atoms with E-state index in [0.717, 1.165) is 0 Å². The molecule has 0 aromatic heterocycles. The smallest absolute Gasteiger partial charge is 0.272 e. The van der Waals surface area contributed by atoms with Crippen molar-refractivity contribution >= 4 is 23.7 Å². The first kappa shape index (κ1) is 13.9. The van der Waals surface area contributed by atoms with Gasteiger partial charge in [-0.05, 0) is 24.3 Å². The van der Waals surface area contributed by atoms with Gasteiger partial charge in [-0.1, -0.05) is 29.8 Å². The van der Waals surface area contributed by atoms with Crippen LogP contribution in [-0.2, 0) is 0 Å². The van der Waals surface area contributed by atoms with Crippen LogP contribution in [0.3, 0.4) is 0 Å². The number of amides is 1. The number of phenols is 2. The Kier molecular flexibility index (Phi) is 4.22. The zero-order valence-corrected chi connectivity index (χ0v) is 11.0. The first-order valence-corrected chi connectivity index (χ1v) is 6.06. The van der Waals surface area contributed by atoms with E-state index in [0.29, 0.717) is 10.6 Å². The standard InChI is InChI=1S/C14H11ClN2O3/c15-11-6-2-1-5-10(11)14(20)17-16-8-9-4-3-7-12(18)13(9)19/h1-8,18-19H,(H,17,20)/b16-8+. The summed E-state index contributed by atoms with van der Waals surface area (Å²) < 4.78 is 0. The number of carbonyl (C=O) groups excluding carboxylic acids is 1. The van der Waals surface area contributed by atoms with Gasteiger partial charge in [0.05, 0.1) is 16.8 Å². The molecule has 1 amide bonds. The molecule has 2 aromatic rings. The summed E-state index contributed by atoms with van der Waals surface area (Å²) in [5.41, 5.74) is 2.87. The molecule has 6 heteroatoms. The van der Waals surface area contributed by atoms with Gasteiger partial charge in [-0.2, -0.15) is 5.10 Å². The Hall–Kier alpha value is -2.53. The summed E-state index contributed by atoms with van der Waals surface area (Å²) >= 11 is 5.88. The van der Waals surface area contributed by atoms with Gasteiger partial charge in [-0.15, -0.1) is 0 Å². The second kappa shape index (κ2) is 6.08. The average molecular weight is 291 g/mol. The molecule has 2 aromatic carbocycles. The van der Waals surface area contributed by atoms with E-state index in [9.17, 15) is 15.0 Å².